The molecule has 0 saturated carbocycles. The van der Waals surface area contributed by atoms with Gasteiger partial charge in [-0.2, -0.15) is 0 Å². The van der Waals surface area contributed by atoms with E-state index in [9.17, 15) is 5.11 Å². The van der Waals surface area contributed by atoms with Crippen LogP contribution in [0, 0.1) is 11.8 Å². The van der Waals surface area contributed by atoms with E-state index in [0.29, 0.717) is 6.61 Å². The second kappa shape index (κ2) is 10.8. The van der Waals surface area contributed by atoms with Crippen LogP contribution in [0.3, 0.4) is 0 Å². The Kier molecular flexibility index (Phi) is 7.56. The van der Waals surface area contributed by atoms with Gasteiger partial charge in [0, 0.05) is 42.2 Å². The Labute approximate surface area is 198 Å². The topological polar surface area (TPSA) is 44.7 Å². The van der Waals surface area contributed by atoms with E-state index in [1.165, 1.54) is 24.1 Å². The van der Waals surface area contributed by atoms with E-state index < -0.39 is 0 Å². The molecule has 0 radical (unpaired) electrons. The summed E-state index contributed by atoms with van der Waals surface area (Å²) >= 11 is 0. The fourth-order valence-electron chi connectivity index (χ4n) is 5.12. The third-order valence-electron chi connectivity index (χ3n) is 6.97. The van der Waals surface area contributed by atoms with Gasteiger partial charge >= 0.3 is 0 Å². The van der Waals surface area contributed by atoms with Crippen molar-refractivity contribution in [3.8, 4) is 11.5 Å². The molecule has 0 bridgehead atoms. The number of phenolic OH excluding ortho intramolecular Hbond substituents is 1. The highest BCUT2D eigenvalue weighted by Gasteiger charge is 2.33. The Balaban J connectivity index is 1.59. The highest BCUT2D eigenvalue weighted by molar-refractivity contribution is 5.53. The van der Waals surface area contributed by atoms with E-state index >= 15 is 0 Å². The first kappa shape index (κ1) is 23.2. The quantitative estimate of drug-likeness (QED) is 0.541. The zero-order valence-corrected chi connectivity index (χ0v) is 19.8. The minimum Gasteiger partial charge on any atom is -0.508 e. The number of allylic oxidation sites excluding steroid dienone is 4. The summed E-state index contributed by atoms with van der Waals surface area (Å²) in [4.78, 5) is 2.50. The molecule has 1 saturated heterocycles. The van der Waals surface area contributed by atoms with Gasteiger partial charge in [0.25, 0.3) is 0 Å². The number of aromatic hydroxyl groups is 1. The van der Waals surface area contributed by atoms with Crippen molar-refractivity contribution in [2.75, 3.05) is 38.2 Å². The number of piperidine rings is 1. The number of hydrogen-bond donors (Lipinski definition) is 2. The van der Waals surface area contributed by atoms with E-state index in [0.717, 1.165) is 42.4 Å². The van der Waals surface area contributed by atoms with Gasteiger partial charge in [-0.05, 0) is 68.6 Å². The van der Waals surface area contributed by atoms with Crippen molar-refractivity contribution in [1.29, 1.82) is 0 Å². The second-order valence-corrected chi connectivity index (χ2v) is 9.16. The molecule has 2 aromatic carbocycles. The molecule has 4 rings (SSSR count). The predicted molar refractivity (Wildman–Crippen MR) is 137 cm³/mol. The number of nitrogens with zero attached hydrogens (tertiary/aromatic N) is 1. The van der Waals surface area contributed by atoms with Gasteiger partial charge in [0.2, 0.25) is 0 Å². The number of nitrogens with one attached hydrogen (secondary N) is 1. The Morgan fingerprint density at radius 1 is 1.15 bits per heavy atom. The molecule has 2 aliphatic rings. The summed E-state index contributed by atoms with van der Waals surface area (Å²) in [5, 5.41) is 13.3. The standard InChI is InChI=1S/C29H36N2O2/c1-4-5-6-7-21(2)27-20-33-28-18-25(32)12-13-26(28)29(27)23-8-10-24(11-9-23)31-16-14-22(15-17-31)19-30-3/h4-13,18,22,27,29-30,32H,2,14-17,19-20H2,1,3H3/b5-4-,7-6-/t27-,29-/m1/s1. The van der Waals surface area contributed by atoms with Crippen LogP contribution in [0.5, 0.6) is 11.5 Å². The molecule has 2 atom stereocenters. The molecule has 0 aromatic heterocycles. The van der Waals surface area contributed by atoms with E-state index in [4.69, 9.17) is 4.74 Å². The number of ether oxygens (including phenoxy) is 1. The summed E-state index contributed by atoms with van der Waals surface area (Å²) < 4.78 is 6.06. The third kappa shape index (κ3) is 5.33. The van der Waals surface area contributed by atoms with Crippen molar-refractivity contribution in [1.82, 2.24) is 5.32 Å². The van der Waals surface area contributed by atoms with Crippen LogP contribution in [-0.2, 0) is 0 Å². The van der Waals surface area contributed by atoms with Crippen molar-refractivity contribution < 1.29 is 9.84 Å². The van der Waals surface area contributed by atoms with E-state index in [1.54, 1.807) is 12.1 Å². The maximum atomic E-state index is 9.97. The SMILES string of the molecule is C=C(/C=C\C=C/C)[C@H]1COc2cc(O)ccc2[C@H]1c1ccc(N2CCC(CNC)CC2)cc1. The molecular formula is C29H36N2O2. The van der Waals surface area contributed by atoms with Crippen LogP contribution < -0.4 is 15.0 Å². The van der Waals surface area contributed by atoms with Gasteiger partial charge in [0.1, 0.15) is 11.5 Å². The third-order valence-corrected chi connectivity index (χ3v) is 6.97. The molecule has 2 aromatic rings. The van der Waals surface area contributed by atoms with Crippen molar-refractivity contribution in [2.45, 2.75) is 25.7 Å². The van der Waals surface area contributed by atoms with Crippen LogP contribution in [0.2, 0.25) is 0 Å². The second-order valence-electron chi connectivity index (χ2n) is 9.16. The molecule has 4 heteroatoms. The van der Waals surface area contributed by atoms with Crippen LogP contribution >= 0.6 is 0 Å². The van der Waals surface area contributed by atoms with Crippen LogP contribution in [0.1, 0.15) is 36.8 Å². The fourth-order valence-corrected chi connectivity index (χ4v) is 5.12. The average molecular weight is 445 g/mol. The first-order chi connectivity index (χ1) is 16.1. The highest BCUT2D eigenvalue weighted by atomic mass is 16.5. The van der Waals surface area contributed by atoms with E-state index in [1.807, 2.05) is 38.3 Å². The highest BCUT2D eigenvalue weighted by Crippen LogP contribution is 2.45. The predicted octanol–water partition coefficient (Wildman–Crippen LogP) is 5.66. The summed E-state index contributed by atoms with van der Waals surface area (Å²) in [6.45, 7) is 10.2. The average Bonchev–Trinajstić information content (AvgIpc) is 2.84. The summed E-state index contributed by atoms with van der Waals surface area (Å²) in [6.07, 6.45) is 10.6. The number of fused-ring (bicyclic) bond motifs is 1. The van der Waals surface area contributed by atoms with E-state index in [-0.39, 0.29) is 17.6 Å². The van der Waals surface area contributed by atoms with Gasteiger partial charge in [-0.3, -0.25) is 0 Å². The molecule has 174 valence electrons. The smallest absolute Gasteiger partial charge is 0.126 e. The van der Waals surface area contributed by atoms with Gasteiger partial charge in [0.05, 0.1) is 6.61 Å². The molecule has 2 N–H and O–H groups in total. The Morgan fingerprint density at radius 3 is 2.61 bits per heavy atom. The zero-order chi connectivity index (χ0) is 23.2. The van der Waals surface area contributed by atoms with Crippen molar-refractivity contribution in [2.24, 2.45) is 11.8 Å². The lowest BCUT2D eigenvalue weighted by Gasteiger charge is -2.36. The lowest BCUT2D eigenvalue weighted by Crippen LogP contribution is -2.36. The Morgan fingerprint density at radius 2 is 1.91 bits per heavy atom. The number of phenols is 1. The van der Waals surface area contributed by atoms with Gasteiger partial charge in [0.15, 0.2) is 0 Å². The number of rotatable bonds is 7. The van der Waals surface area contributed by atoms with Crippen molar-refractivity contribution in [3.05, 3.63) is 90.0 Å². The van der Waals surface area contributed by atoms with Crippen LogP contribution in [-0.4, -0.2) is 38.4 Å². The Bertz CT molecular complexity index is 1000. The molecule has 0 unspecified atom stereocenters. The number of benzene rings is 2. The summed E-state index contributed by atoms with van der Waals surface area (Å²) in [7, 11) is 2.04. The van der Waals surface area contributed by atoms with E-state index in [2.05, 4.69) is 47.1 Å². The molecule has 0 spiro atoms. The molecule has 2 aliphatic heterocycles. The number of hydrogen-bond acceptors (Lipinski definition) is 4. The van der Waals surface area contributed by atoms with Gasteiger partial charge in [-0.25, -0.2) is 0 Å². The fraction of sp³-hybridized carbons (Fsp3) is 0.379. The molecule has 2 heterocycles. The molecule has 0 aliphatic carbocycles. The molecule has 1 fully saturated rings. The molecule has 33 heavy (non-hydrogen) atoms. The molecule has 4 nitrogen and oxygen atoms in total. The molecular weight excluding hydrogens is 408 g/mol. The minimum atomic E-state index is 0.131. The van der Waals surface area contributed by atoms with Gasteiger partial charge in [-0.15, -0.1) is 0 Å². The summed E-state index contributed by atoms with van der Waals surface area (Å²) in [5.41, 5.74) is 4.70. The first-order valence-electron chi connectivity index (χ1n) is 12.0. The largest absolute Gasteiger partial charge is 0.508 e. The van der Waals surface area contributed by atoms with Crippen molar-refractivity contribution in [3.63, 3.8) is 0 Å². The normalized spacial score (nSPS) is 21.3. The van der Waals surface area contributed by atoms with Crippen LogP contribution in [0.4, 0.5) is 5.69 Å². The maximum absolute atomic E-state index is 9.97. The summed E-state index contributed by atoms with van der Waals surface area (Å²) in [5.74, 6) is 2.04. The minimum absolute atomic E-state index is 0.131. The zero-order valence-electron chi connectivity index (χ0n) is 19.8. The molecule has 0 amide bonds. The van der Waals surface area contributed by atoms with Crippen LogP contribution in [0.15, 0.2) is 78.9 Å². The lowest BCUT2D eigenvalue weighted by atomic mass is 9.75. The monoisotopic (exact) mass is 444 g/mol. The Hall–Kier alpha value is -2.98. The van der Waals surface area contributed by atoms with Gasteiger partial charge in [-0.1, -0.05) is 49.1 Å². The first-order valence-corrected chi connectivity index (χ1v) is 12.0. The maximum Gasteiger partial charge on any atom is 0.126 e. The lowest BCUT2D eigenvalue weighted by molar-refractivity contribution is 0.229. The van der Waals surface area contributed by atoms with Gasteiger partial charge < -0.3 is 20.1 Å². The number of anilines is 1. The van der Waals surface area contributed by atoms with Crippen molar-refractivity contribution >= 4 is 5.69 Å². The van der Waals surface area contributed by atoms with Crippen LogP contribution in [0.25, 0.3) is 0 Å². The summed E-state index contributed by atoms with van der Waals surface area (Å²) in [6, 6.07) is 14.5.